The van der Waals surface area contributed by atoms with E-state index in [1.807, 2.05) is 28.8 Å². The van der Waals surface area contributed by atoms with Crippen molar-refractivity contribution in [2.45, 2.75) is 19.9 Å². The summed E-state index contributed by atoms with van der Waals surface area (Å²) in [6.07, 6.45) is 2.49. The molecule has 102 valence electrons. The molecule has 1 N–H and O–H groups in total. The largest absolute Gasteiger partial charge is 0.508 e. The second-order valence-corrected chi connectivity index (χ2v) is 4.64. The lowest BCUT2D eigenvalue weighted by Gasteiger charge is -2.09. The number of aryl methyl sites for hydroxylation is 2. The number of hydrogen-bond acceptors (Lipinski definition) is 4. The molecule has 3 aromatic heterocycles. The predicted molar refractivity (Wildman–Crippen MR) is 73.8 cm³/mol. The Hall–Kier alpha value is -2.63. The van der Waals surface area contributed by atoms with Gasteiger partial charge in [0.25, 0.3) is 5.56 Å². The Morgan fingerprint density at radius 1 is 1.25 bits per heavy atom. The molecule has 0 fully saturated rings. The fourth-order valence-electron chi connectivity index (χ4n) is 2.27. The summed E-state index contributed by atoms with van der Waals surface area (Å²) in [4.78, 5) is 11.8. The van der Waals surface area contributed by atoms with Gasteiger partial charge in [-0.25, -0.2) is 0 Å². The summed E-state index contributed by atoms with van der Waals surface area (Å²) < 4.78 is 3.52. The molecule has 0 saturated carbocycles. The third kappa shape index (κ3) is 2.16. The van der Waals surface area contributed by atoms with Crippen LogP contribution >= 0.6 is 0 Å². The number of rotatable bonds is 3. The van der Waals surface area contributed by atoms with E-state index in [2.05, 4.69) is 10.2 Å². The third-order valence-corrected chi connectivity index (χ3v) is 3.26. The molecule has 3 aromatic rings. The summed E-state index contributed by atoms with van der Waals surface area (Å²) >= 11 is 0. The van der Waals surface area contributed by atoms with Gasteiger partial charge in [-0.2, -0.15) is 0 Å². The van der Waals surface area contributed by atoms with Crippen molar-refractivity contribution in [3.05, 3.63) is 58.4 Å². The summed E-state index contributed by atoms with van der Waals surface area (Å²) in [5.74, 6) is 0.802. The molecule has 0 saturated heterocycles. The van der Waals surface area contributed by atoms with Crippen LogP contribution in [0.25, 0.3) is 5.65 Å². The summed E-state index contributed by atoms with van der Waals surface area (Å²) in [6, 6.07) is 8.49. The average molecular weight is 270 g/mol. The molecule has 0 aliphatic rings. The van der Waals surface area contributed by atoms with Crippen LogP contribution in [0.15, 0.2) is 41.3 Å². The quantitative estimate of drug-likeness (QED) is 0.775. The summed E-state index contributed by atoms with van der Waals surface area (Å²) in [7, 11) is 0. The first-order chi connectivity index (χ1) is 9.65. The van der Waals surface area contributed by atoms with Gasteiger partial charge in [0.1, 0.15) is 11.6 Å². The van der Waals surface area contributed by atoms with Crippen LogP contribution < -0.4 is 5.56 Å². The van der Waals surface area contributed by atoms with Gasteiger partial charge < -0.3 is 9.67 Å². The fourth-order valence-corrected chi connectivity index (χ4v) is 2.27. The Labute approximate surface area is 114 Å². The van der Waals surface area contributed by atoms with Crippen LogP contribution in [0.2, 0.25) is 0 Å². The van der Waals surface area contributed by atoms with Crippen LogP contribution in [0.4, 0.5) is 0 Å². The van der Waals surface area contributed by atoms with Gasteiger partial charge in [-0.1, -0.05) is 6.07 Å². The highest BCUT2D eigenvalue weighted by molar-refractivity contribution is 5.37. The van der Waals surface area contributed by atoms with Gasteiger partial charge >= 0.3 is 0 Å². The molecule has 0 aromatic carbocycles. The number of fused-ring (bicyclic) bond motifs is 1. The first-order valence-electron chi connectivity index (χ1n) is 6.34. The molecule has 0 atom stereocenters. The van der Waals surface area contributed by atoms with Gasteiger partial charge in [0, 0.05) is 30.9 Å². The maximum absolute atomic E-state index is 11.8. The number of aromatic hydroxyl groups is 1. The highest BCUT2D eigenvalue weighted by Gasteiger charge is 2.07. The van der Waals surface area contributed by atoms with E-state index in [1.54, 1.807) is 17.6 Å². The second-order valence-electron chi connectivity index (χ2n) is 4.64. The van der Waals surface area contributed by atoms with E-state index < -0.39 is 0 Å². The van der Waals surface area contributed by atoms with Crippen molar-refractivity contribution in [2.75, 3.05) is 0 Å². The first kappa shape index (κ1) is 12.4. The topological polar surface area (TPSA) is 72.4 Å². The van der Waals surface area contributed by atoms with Crippen LogP contribution in [-0.2, 0) is 13.0 Å². The van der Waals surface area contributed by atoms with E-state index in [0.29, 0.717) is 13.0 Å². The number of hydrogen-bond donors (Lipinski definition) is 1. The lowest BCUT2D eigenvalue weighted by molar-refractivity contribution is 0.468. The monoisotopic (exact) mass is 270 g/mol. The van der Waals surface area contributed by atoms with Crippen LogP contribution in [-0.4, -0.2) is 24.3 Å². The standard InChI is InChI=1S/C14H14N4O2/c1-10-8-11(19)9-14(20)17(10)7-5-13-16-15-12-4-2-3-6-18(12)13/h2-4,6,8-9,19H,5,7H2,1H3. The molecule has 0 aliphatic heterocycles. The van der Waals surface area contributed by atoms with Crippen LogP contribution in [0.3, 0.4) is 0 Å². The fraction of sp³-hybridized carbons (Fsp3) is 0.214. The minimum Gasteiger partial charge on any atom is -0.508 e. The first-order valence-corrected chi connectivity index (χ1v) is 6.34. The zero-order valence-corrected chi connectivity index (χ0v) is 11.0. The molecule has 0 spiro atoms. The van der Waals surface area contributed by atoms with Crippen molar-refractivity contribution in [1.82, 2.24) is 19.2 Å². The molecular weight excluding hydrogens is 256 g/mol. The van der Waals surface area contributed by atoms with Crippen molar-refractivity contribution in [1.29, 1.82) is 0 Å². The molecule has 0 bridgehead atoms. The SMILES string of the molecule is Cc1cc(O)cc(=O)n1CCc1nnc2ccccn12. The van der Waals surface area contributed by atoms with Crippen LogP contribution in [0.1, 0.15) is 11.5 Å². The van der Waals surface area contributed by atoms with Crippen molar-refractivity contribution < 1.29 is 5.11 Å². The lowest BCUT2D eigenvalue weighted by Crippen LogP contribution is -2.22. The van der Waals surface area contributed by atoms with Crippen molar-refractivity contribution in [3.63, 3.8) is 0 Å². The maximum Gasteiger partial charge on any atom is 0.254 e. The average Bonchev–Trinajstić information content (AvgIpc) is 2.81. The van der Waals surface area contributed by atoms with Gasteiger partial charge in [0.05, 0.1) is 0 Å². The van der Waals surface area contributed by atoms with E-state index in [9.17, 15) is 9.90 Å². The highest BCUT2D eigenvalue weighted by atomic mass is 16.3. The Bertz CT molecular complexity index is 819. The van der Waals surface area contributed by atoms with Crippen LogP contribution in [0, 0.1) is 6.92 Å². The summed E-state index contributed by atoms with van der Waals surface area (Å²) in [6.45, 7) is 2.30. The maximum atomic E-state index is 11.8. The van der Waals surface area contributed by atoms with Crippen molar-refractivity contribution in [2.24, 2.45) is 0 Å². The minimum atomic E-state index is -0.212. The lowest BCUT2D eigenvalue weighted by atomic mass is 10.3. The molecule has 0 amide bonds. The molecular formula is C14H14N4O2. The Morgan fingerprint density at radius 2 is 2.10 bits per heavy atom. The number of nitrogens with zero attached hydrogens (tertiary/aromatic N) is 4. The van der Waals surface area contributed by atoms with E-state index >= 15 is 0 Å². The van der Waals surface area contributed by atoms with E-state index in [-0.39, 0.29) is 11.3 Å². The molecule has 0 unspecified atom stereocenters. The Kier molecular flexibility index (Phi) is 2.98. The highest BCUT2D eigenvalue weighted by Crippen LogP contribution is 2.09. The van der Waals surface area contributed by atoms with E-state index in [4.69, 9.17) is 0 Å². The second kappa shape index (κ2) is 4.80. The summed E-state index contributed by atoms with van der Waals surface area (Å²) in [5.41, 5.74) is 1.30. The zero-order valence-electron chi connectivity index (χ0n) is 11.0. The number of pyridine rings is 2. The van der Waals surface area contributed by atoms with Crippen molar-refractivity contribution >= 4 is 5.65 Å². The van der Waals surface area contributed by atoms with Gasteiger partial charge in [-0.05, 0) is 25.1 Å². The van der Waals surface area contributed by atoms with Gasteiger partial charge in [-0.3, -0.25) is 9.20 Å². The Balaban J connectivity index is 1.89. The number of aromatic nitrogens is 4. The van der Waals surface area contributed by atoms with Gasteiger partial charge in [0.15, 0.2) is 5.65 Å². The van der Waals surface area contributed by atoms with Gasteiger partial charge in [0.2, 0.25) is 0 Å². The molecule has 6 heteroatoms. The molecule has 0 aliphatic carbocycles. The van der Waals surface area contributed by atoms with E-state index in [1.165, 1.54) is 6.07 Å². The third-order valence-electron chi connectivity index (χ3n) is 3.26. The molecule has 3 rings (SSSR count). The molecule has 6 nitrogen and oxygen atoms in total. The smallest absolute Gasteiger partial charge is 0.254 e. The summed E-state index contributed by atoms with van der Waals surface area (Å²) in [5, 5.41) is 17.6. The minimum absolute atomic E-state index is 0.00308. The Morgan fingerprint density at radius 3 is 2.90 bits per heavy atom. The van der Waals surface area contributed by atoms with Crippen LogP contribution in [0.5, 0.6) is 5.75 Å². The molecule has 0 radical (unpaired) electrons. The van der Waals surface area contributed by atoms with Crippen molar-refractivity contribution in [3.8, 4) is 5.75 Å². The van der Waals surface area contributed by atoms with Gasteiger partial charge in [-0.15, -0.1) is 10.2 Å². The normalized spacial score (nSPS) is 11.1. The zero-order chi connectivity index (χ0) is 14.1. The molecule has 20 heavy (non-hydrogen) atoms. The molecule has 3 heterocycles. The predicted octanol–water partition coefficient (Wildman–Crippen LogP) is 1.15. The van der Waals surface area contributed by atoms with E-state index in [0.717, 1.165) is 17.2 Å².